The summed E-state index contributed by atoms with van der Waals surface area (Å²) in [6.07, 6.45) is -4.51. The maximum atomic E-state index is 11.9. The minimum Gasteiger partial charge on any atom is -0.463 e. The van der Waals surface area contributed by atoms with Gasteiger partial charge in [0.2, 0.25) is 12.2 Å². The molecule has 0 unspecified atom stereocenters. The average Bonchev–Trinajstić information content (AvgIpc) is 2.65. The number of carbonyl (C=O) groups excluding carboxylic acids is 4. The number of benzene rings is 1. The number of hydrogen-bond acceptors (Lipinski definition) is 9. The highest BCUT2D eigenvalue weighted by atomic mass is 79.9. The van der Waals surface area contributed by atoms with E-state index in [2.05, 4.69) is 21.2 Å². The Kier molecular flexibility index (Phi) is 8.81. The Balaban J connectivity index is 2.43. The van der Waals surface area contributed by atoms with Gasteiger partial charge in [0.15, 0.2) is 12.2 Å². The molecule has 10 nitrogen and oxygen atoms in total. The molecule has 1 aromatic rings. The molecule has 1 aliphatic heterocycles. The van der Waals surface area contributed by atoms with Crippen molar-refractivity contribution < 1.29 is 42.9 Å². The van der Waals surface area contributed by atoms with Crippen LogP contribution in [0.4, 0.5) is 0 Å². The van der Waals surface area contributed by atoms with E-state index in [-0.39, 0.29) is 6.61 Å². The van der Waals surface area contributed by atoms with Crippen LogP contribution in [-0.4, -0.2) is 61.1 Å². The number of carbonyl (C=O) groups is 4. The van der Waals surface area contributed by atoms with Crippen molar-refractivity contribution in [2.24, 2.45) is 0 Å². The second kappa shape index (κ2) is 11.1. The fourth-order valence-electron chi connectivity index (χ4n) is 3.04. The number of esters is 3. The summed E-state index contributed by atoms with van der Waals surface area (Å²) in [5.41, 5.74) is 0. The summed E-state index contributed by atoms with van der Waals surface area (Å²) in [7, 11) is 0. The van der Waals surface area contributed by atoms with Crippen molar-refractivity contribution in [1.29, 1.82) is 0 Å². The summed E-state index contributed by atoms with van der Waals surface area (Å²) in [6.45, 7) is 4.54. The predicted octanol–water partition coefficient (Wildman–Crippen LogP) is 1.48. The molecule has 2 rings (SSSR count). The minimum atomic E-state index is -1.17. The highest BCUT2D eigenvalue weighted by Gasteiger charge is 2.51. The van der Waals surface area contributed by atoms with E-state index in [0.717, 1.165) is 4.47 Å². The molecule has 1 aliphatic rings. The molecule has 170 valence electrons. The number of amides is 1. The second-order valence-electron chi connectivity index (χ2n) is 6.79. The van der Waals surface area contributed by atoms with Crippen LogP contribution in [0.5, 0.6) is 5.75 Å². The Morgan fingerprint density at radius 1 is 0.935 bits per heavy atom. The van der Waals surface area contributed by atoms with Crippen LogP contribution in [0.25, 0.3) is 0 Å². The molecule has 0 aromatic heterocycles. The molecule has 1 aromatic carbocycles. The zero-order chi connectivity index (χ0) is 23.1. The molecule has 1 saturated heterocycles. The third-order valence-electron chi connectivity index (χ3n) is 4.14. The SMILES string of the molecule is CC(=O)N[C@@H]1[C@@H](Oc2ccc(Br)cc2)O[C@@H](COC(C)=O)[C@H](OC(C)=O)[C@H]1OC(C)=O. The lowest BCUT2D eigenvalue weighted by atomic mass is 9.96. The number of rotatable bonds is 7. The molecule has 0 spiro atoms. The summed E-state index contributed by atoms with van der Waals surface area (Å²) in [6, 6.07) is 5.79. The van der Waals surface area contributed by atoms with E-state index in [1.807, 2.05) is 0 Å². The van der Waals surface area contributed by atoms with Crippen molar-refractivity contribution in [3.8, 4) is 5.75 Å². The standard InChI is InChI=1S/C20H24BrNO9/c1-10(23)22-17-19(29-13(4)26)18(28-12(3)25)16(9-27-11(2)24)31-20(17)30-15-7-5-14(21)6-8-15/h5-8,16-20H,9H2,1-4H3,(H,22,23)/t16-,17-,18-,19-,20-/m0/s1. The summed E-state index contributed by atoms with van der Waals surface area (Å²) in [5.74, 6) is -1.97. The Bertz CT molecular complexity index is 813. The van der Waals surface area contributed by atoms with E-state index >= 15 is 0 Å². The summed E-state index contributed by atoms with van der Waals surface area (Å²) in [5, 5.41) is 2.63. The van der Waals surface area contributed by atoms with Gasteiger partial charge in [0.05, 0.1) is 0 Å². The fourth-order valence-corrected chi connectivity index (χ4v) is 3.30. The molecule has 0 radical (unpaired) electrons. The molecular formula is C20H24BrNO9. The van der Waals surface area contributed by atoms with Gasteiger partial charge in [-0.25, -0.2) is 0 Å². The number of halogens is 1. The van der Waals surface area contributed by atoms with Crippen LogP contribution in [0.3, 0.4) is 0 Å². The van der Waals surface area contributed by atoms with Crippen molar-refractivity contribution in [2.45, 2.75) is 58.3 Å². The molecule has 0 bridgehead atoms. The van der Waals surface area contributed by atoms with Crippen LogP contribution in [0.2, 0.25) is 0 Å². The maximum Gasteiger partial charge on any atom is 0.303 e. The van der Waals surface area contributed by atoms with Gasteiger partial charge >= 0.3 is 17.9 Å². The molecule has 5 atom stereocenters. The molecule has 31 heavy (non-hydrogen) atoms. The van der Waals surface area contributed by atoms with E-state index in [1.54, 1.807) is 24.3 Å². The van der Waals surface area contributed by atoms with Gasteiger partial charge in [0.25, 0.3) is 0 Å². The Hall–Kier alpha value is -2.66. The lowest BCUT2D eigenvalue weighted by Gasteiger charge is -2.44. The van der Waals surface area contributed by atoms with Crippen molar-refractivity contribution >= 4 is 39.7 Å². The Morgan fingerprint density at radius 3 is 2.03 bits per heavy atom. The van der Waals surface area contributed by atoms with Crippen LogP contribution >= 0.6 is 15.9 Å². The highest BCUT2D eigenvalue weighted by Crippen LogP contribution is 2.29. The molecule has 0 aliphatic carbocycles. The van der Waals surface area contributed by atoms with Gasteiger partial charge in [-0.2, -0.15) is 0 Å². The number of ether oxygens (including phenoxy) is 5. The van der Waals surface area contributed by atoms with Crippen molar-refractivity contribution in [2.75, 3.05) is 6.61 Å². The van der Waals surface area contributed by atoms with E-state index in [4.69, 9.17) is 23.7 Å². The van der Waals surface area contributed by atoms with E-state index in [1.165, 1.54) is 27.7 Å². The van der Waals surface area contributed by atoms with Crippen LogP contribution in [-0.2, 0) is 38.1 Å². The second-order valence-corrected chi connectivity index (χ2v) is 7.71. The van der Waals surface area contributed by atoms with Gasteiger partial charge in [-0.1, -0.05) is 15.9 Å². The van der Waals surface area contributed by atoms with Crippen molar-refractivity contribution in [3.05, 3.63) is 28.7 Å². The lowest BCUT2D eigenvalue weighted by Crippen LogP contribution is -2.67. The topological polar surface area (TPSA) is 126 Å². The van der Waals surface area contributed by atoms with Gasteiger partial charge in [0.1, 0.15) is 24.5 Å². The number of nitrogens with one attached hydrogen (secondary N) is 1. The van der Waals surface area contributed by atoms with E-state index in [0.29, 0.717) is 5.75 Å². The normalized spacial score (nSPS) is 25.1. The van der Waals surface area contributed by atoms with Gasteiger partial charge < -0.3 is 29.0 Å². The third-order valence-corrected chi connectivity index (χ3v) is 4.67. The molecule has 1 fully saturated rings. The van der Waals surface area contributed by atoms with Gasteiger partial charge in [-0.15, -0.1) is 0 Å². The van der Waals surface area contributed by atoms with E-state index < -0.39 is 54.5 Å². The molecule has 1 heterocycles. The quantitative estimate of drug-likeness (QED) is 0.436. The smallest absolute Gasteiger partial charge is 0.303 e. The van der Waals surface area contributed by atoms with Crippen LogP contribution in [0, 0.1) is 0 Å². The van der Waals surface area contributed by atoms with Crippen LogP contribution in [0.15, 0.2) is 28.7 Å². The lowest BCUT2D eigenvalue weighted by molar-refractivity contribution is -0.257. The molecular weight excluding hydrogens is 478 g/mol. The van der Waals surface area contributed by atoms with Gasteiger partial charge in [0, 0.05) is 32.2 Å². The first-order valence-electron chi connectivity index (χ1n) is 9.39. The molecule has 11 heteroatoms. The first-order chi connectivity index (χ1) is 14.6. The van der Waals surface area contributed by atoms with Crippen molar-refractivity contribution in [3.63, 3.8) is 0 Å². The summed E-state index contributed by atoms with van der Waals surface area (Å²) >= 11 is 3.33. The van der Waals surface area contributed by atoms with Crippen LogP contribution in [0.1, 0.15) is 27.7 Å². The fraction of sp³-hybridized carbons (Fsp3) is 0.500. The van der Waals surface area contributed by atoms with Gasteiger partial charge in [-0.05, 0) is 24.3 Å². The Labute approximate surface area is 187 Å². The van der Waals surface area contributed by atoms with Crippen molar-refractivity contribution in [1.82, 2.24) is 5.32 Å². The monoisotopic (exact) mass is 501 g/mol. The predicted molar refractivity (Wildman–Crippen MR) is 109 cm³/mol. The molecule has 1 amide bonds. The average molecular weight is 502 g/mol. The summed E-state index contributed by atoms with van der Waals surface area (Å²) in [4.78, 5) is 46.7. The first kappa shape index (κ1) is 24.6. The zero-order valence-electron chi connectivity index (χ0n) is 17.5. The zero-order valence-corrected chi connectivity index (χ0v) is 19.0. The molecule has 0 saturated carbocycles. The largest absolute Gasteiger partial charge is 0.463 e. The van der Waals surface area contributed by atoms with Gasteiger partial charge in [-0.3, -0.25) is 19.2 Å². The summed E-state index contributed by atoms with van der Waals surface area (Å²) < 4.78 is 28.4. The molecule has 1 N–H and O–H groups in total. The van der Waals surface area contributed by atoms with Crippen LogP contribution < -0.4 is 10.1 Å². The third kappa shape index (κ3) is 7.51. The minimum absolute atomic E-state index is 0.294. The van der Waals surface area contributed by atoms with E-state index in [9.17, 15) is 19.2 Å². The maximum absolute atomic E-state index is 11.9. The highest BCUT2D eigenvalue weighted by molar-refractivity contribution is 9.10. The number of hydrogen-bond donors (Lipinski definition) is 1. The first-order valence-corrected chi connectivity index (χ1v) is 10.2. The Morgan fingerprint density at radius 2 is 1.52 bits per heavy atom.